The quantitative estimate of drug-likeness (QED) is 0.581. The highest BCUT2D eigenvalue weighted by atomic mass is 32.2. The molecule has 25 heavy (non-hydrogen) atoms. The molecule has 0 radical (unpaired) electrons. The molecule has 7 heteroatoms. The van der Waals surface area contributed by atoms with Crippen molar-refractivity contribution >= 4 is 17.8 Å². The van der Waals surface area contributed by atoms with Gasteiger partial charge in [0.2, 0.25) is 0 Å². The summed E-state index contributed by atoms with van der Waals surface area (Å²) in [4.78, 5) is 7.63. The standard InChI is InChI=1S/C18H21F2N3OS/c1-12-5-3-2-4-6-16(12)24-13-9-14(19)18(15(20)10-13)25-23-17-7-8-21-11-22-17/h7-12,16H,2-6H2,1H3,(H,21,22,23)/t12?,16-/m0/s1. The molecule has 0 saturated heterocycles. The summed E-state index contributed by atoms with van der Waals surface area (Å²) in [5.41, 5.74) is 0. The van der Waals surface area contributed by atoms with E-state index >= 15 is 0 Å². The van der Waals surface area contributed by atoms with Crippen molar-refractivity contribution in [1.82, 2.24) is 9.97 Å². The monoisotopic (exact) mass is 365 g/mol. The first-order valence-corrected chi connectivity index (χ1v) is 9.29. The van der Waals surface area contributed by atoms with E-state index in [0.717, 1.165) is 31.2 Å². The van der Waals surface area contributed by atoms with Crippen molar-refractivity contribution in [2.75, 3.05) is 4.72 Å². The molecular formula is C18H21F2N3OS. The summed E-state index contributed by atoms with van der Waals surface area (Å²) in [5, 5.41) is 0. The molecule has 2 atom stereocenters. The van der Waals surface area contributed by atoms with Gasteiger partial charge >= 0.3 is 0 Å². The van der Waals surface area contributed by atoms with Crippen LogP contribution in [0, 0.1) is 17.6 Å². The van der Waals surface area contributed by atoms with Crippen LogP contribution in [0.2, 0.25) is 0 Å². The van der Waals surface area contributed by atoms with Crippen molar-refractivity contribution in [3.8, 4) is 5.75 Å². The van der Waals surface area contributed by atoms with E-state index in [0.29, 0.717) is 11.7 Å². The third kappa shape index (κ3) is 4.81. The van der Waals surface area contributed by atoms with E-state index < -0.39 is 11.6 Å². The number of benzene rings is 1. The summed E-state index contributed by atoms with van der Waals surface area (Å²) >= 11 is 0.840. The minimum atomic E-state index is -0.650. The molecule has 0 spiro atoms. The van der Waals surface area contributed by atoms with Gasteiger partial charge in [0.05, 0.1) is 0 Å². The van der Waals surface area contributed by atoms with Crippen LogP contribution in [-0.2, 0) is 0 Å². The second-order valence-corrected chi connectivity index (χ2v) is 7.10. The number of nitrogens with one attached hydrogen (secondary N) is 1. The number of halogens is 2. The summed E-state index contributed by atoms with van der Waals surface area (Å²) in [6.45, 7) is 2.14. The van der Waals surface area contributed by atoms with Crippen LogP contribution in [0.4, 0.5) is 14.6 Å². The second kappa shape index (κ2) is 8.47. The van der Waals surface area contributed by atoms with Crippen LogP contribution < -0.4 is 9.46 Å². The predicted molar refractivity (Wildman–Crippen MR) is 94.5 cm³/mol. The maximum absolute atomic E-state index is 14.3. The second-order valence-electron chi connectivity index (χ2n) is 6.29. The van der Waals surface area contributed by atoms with Gasteiger partial charge < -0.3 is 9.46 Å². The molecule has 0 bridgehead atoms. The van der Waals surface area contributed by atoms with Gasteiger partial charge in [-0.05, 0) is 43.2 Å². The normalized spacial score (nSPS) is 20.8. The molecule has 4 nitrogen and oxygen atoms in total. The van der Waals surface area contributed by atoms with Crippen molar-refractivity contribution < 1.29 is 13.5 Å². The summed E-state index contributed by atoms with van der Waals surface area (Å²) in [5.74, 6) is -0.181. The van der Waals surface area contributed by atoms with Crippen LogP contribution >= 0.6 is 11.9 Å². The third-order valence-corrected chi connectivity index (χ3v) is 5.29. The maximum atomic E-state index is 14.3. The van der Waals surface area contributed by atoms with Gasteiger partial charge in [0.1, 0.15) is 40.5 Å². The minimum Gasteiger partial charge on any atom is -0.490 e. The Morgan fingerprint density at radius 3 is 2.64 bits per heavy atom. The molecule has 1 aromatic carbocycles. The molecular weight excluding hydrogens is 344 g/mol. The van der Waals surface area contributed by atoms with Crippen molar-refractivity contribution in [2.45, 2.75) is 50.0 Å². The largest absolute Gasteiger partial charge is 0.490 e. The zero-order valence-corrected chi connectivity index (χ0v) is 14.9. The van der Waals surface area contributed by atoms with Gasteiger partial charge in [0.15, 0.2) is 0 Å². The summed E-state index contributed by atoms with van der Waals surface area (Å²) < 4.78 is 37.4. The van der Waals surface area contributed by atoms with Crippen LogP contribution in [0.5, 0.6) is 5.75 Å². The van der Waals surface area contributed by atoms with Crippen LogP contribution in [0.3, 0.4) is 0 Å². The van der Waals surface area contributed by atoms with E-state index in [9.17, 15) is 8.78 Å². The molecule has 1 saturated carbocycles. The highest BCUT2D eigenvalue weighted by Gasteiger charge is 2.23. The number of aromatic nitrogens is 2. The lowest BCUT2D eigenvalue weighted by atomic mass is 10.00. The van der Waals surface area contributed by atoms with E-state index in [1.165, 1.54) is 31.3 Å². The Balaban J connectivity index is 1.69. The number of rotatable bonds is 5. The van der Waals surface area contributed by atoms with Gasteiger partial charge in [-0.25, -0.2) is 18.7 Å². The first kappa shape index (κ1) is 17.9. The van der Waals surface area contributed by atoms with Crippen molar-refractivity contribution in [3.05, 3.63) is 42.4 Å². The molecule has 1 heterocycles. The Labute approximate surface area is 150 Å². The van der Waals surface area contributed by atoms with Crippen LogP contribution in [0.15, 0.2) is 35.6 Å². The van der Waals surface area contributed by atoms with E-state index in [-0.39, 0.29) is 16.7 Å². The van der Waals surface area contributed by atoms with E-state index in [1.54, 1.807) is 12.3 Å². The van der Waals surface area contributed by atoms with Gasteiger partial charge in [0.25, 0.3) is 0 Å². The molecule has 1 aromatic heterocycles. The highest BCUT2D eigenvalue weighted by Crippen LogP contribution is 2.32. The molecule has 1 aliphatic carbocycles. The van der Waals surface area contributed by atoms with Crippen molar-refractivity contribution in [3.63, 3.8) is 0 Å². The van der Waals surface area contributed by atoms with E-state index in [2.05, 4.69) is 21.6 Å². The Bertz CT molecular complexity index is 679. The van der Waals surface area contributed by atoms with Crippen LogP contribution in [0.25, 0.3) is 0 Å². The van der Waals surface area contributed by atoms with Crippen LogP contribution in [0.1, 0.15) is 39.0 Å². The molecule has 1 unspecified atom stereocenters. The zero-order valence-electron chi connectivity index (χ0n) is 14.0. The van der Waals surface area contributed by atoms with Gasteiger partial charge in [-0.3, -0.25) is 0 Å². The van der Waals surface area contributed by atoms with Gasteiger partial charge in [-0.1, -0.05) is 19.8 Å². The highest BCUT2D eigenvalue weighted by molar-refractivity contribution is 8.00. The number of anilines is 1. The topological polar surface area (TPSA) is 47.0 Å². The Hall–Kier alpha value is -1.89. The number of nitrogens with zero attached hydrogens (tertiary/aromatic N) is 2. The van der Waals surface area contributed by atoms with Crippen LogP contribution in [-0.4, -0.2) is 16.1 Å². The Morgan fingerprint density at radius 2 is 1.92 bits per heavy atom. The predicted octanol–water partition coefficient (Wildman–Crippen LogP) is 5.22. The Kier molecular flexibility index (Phi) is 6.07. The molecule has 134 valence electrons. The summed E-state index contributed by atoms with van der Waals surface area (Å²) in [6.07, 6.45) is 8.41. The first-order valence-electron chi connectivity index (χ1n) is 8.48. The fourth-order valence-electron chi connectivity index (χ4n) is 2.97. The van der Waals surface area contributed by atoms with Gasteiger partial charge in [-0.15, -0.1) is 0 Å². The lowest BCUT2D eigenvalue weighted by Gasteiger charge is -2.23. The first-order chi connectivity index (χ1) is 12.1. The SMILES string of the molecule is CC1CCCCC[C@@H]1Oc1cc(F)c(SNc2ccncn2)c(F)c1. The molecule has 2 aromatic rings. The molecule has 1 fully saturated rings. The number of hydrogen-bond donors (Lipinski definition) is 1. The van der Waals surface area contributed by atoms with E-state index in [4.69, 9.17) is 4.74 Å². The average molecular weight is 365 g/mol. The molecule has 1 aliphatic rings. The fourth-order valence-corrected chi connectivity index (χ4v) is 3.61. The zero-order chi connectivity index (χ0) is 17.6. The Morgan fingerprint density at radius 1 is 1.16 bits per heavy atom. The van der Waals surface area contributed by atoms with Gasteiger partial charge in [-0.2, -0.15) is 0 Å². The molecule has 0 aliphatic heterocycles. The molecule has 0 amide bonds. The van der Waals surface area contributed by atoms with Gasteiger partial charge in [0, 0.05) is 18.3 Å². The molecule has 1 N–H and O–H groups in total. The lowest BCUT2D eigenvalue weighted by molar-refractivity contribution is 0.134. The minimum absolute atomic E-state index is 0.0129. The summed E-state index contributed by atoms with van der Waals surface area (Å²) in [7, 11) is 0. The lowest BCUT2D eigenvalue weighted by Crippen LogP contribution is -2.23. The average Bonchev–Trinajstić information content (AvgIpc) is 2.80. The number of hydrogen-bond acceptors (Lipinski definition) is 5. The van der Waals surface area contributed by atoms with E-state index in [1.807, 2.05) is 0 Å². The molecule has 3 rings (SSSR count). The fraction of sp³-hybridized carbons (Fsp3) is 0.444. The number of ether oxygens (including phenoxy) is 1. The third-order valence-electron chi connectivity index (χ3n) is 4.38. The van der Waals surface area contributed by atoms with Crippen molar-refractivity contribution in [2.24, 2.45) is 5.92 Å². The smallest absolute Gasteiger partial charge is 0.145 e. The maximum Gasteiger partial charge on any atom is 0.145 e. The van der Waals surface area contributed by atoms with Crippen molar-refractivity contribution in [1.29, 1.82) is 0 Å². The summed E-state index contributed by atoms with van der Waals surface area (Å²) in [6, 6.07) is 4.13.